The van der Waals surface area contributed by atoms with Crippen LogP contribution < -0.4 is 4.72 Å². The molecule has 0 amide bonds. The Morgan fingerprint density at radius 3 is 2.42 bits per heavy atom. The number of aliphatic hydroxyl groups excluding tert-OH is 1. The van der Waals surface area contributed by atoms with E-state index in [2.05, 4.69) is 4.72 Å². The van der Waals surface area contributed by atoms with E-state index < -0.39 is 16.3 Å². The highest BCUT2D eigenvalue weighted by Gasteiger charge is 2.28. The number of benzene rings is 1. The van der Waals surface area contributed by atoms with E-state index in [-0.39, 0.29) is 12.0 Å². The zero-order valence-electron chi connectivity index (χ0n) is 14.7. The van der Waals surface area contributed by atoms with Gasteiger partial charge in [-0.3, -0.25) is 0 Å². The summed E-state index contributed by atoms with van der Waals surface area (Å²) >= 11 is 0. The second-order valence-electron chi connectivity index (χ2n) is 6.85. The summed E-state index contributed by atoms with van der Waals surface area (Å²) in [6.07, 6.45) is 5.32. The Kier molecular flexibility index (Phi) is 7.22. The third kappa shape index (κ3) is 5.55. The van der Waals surface area contributed by atoms with E-state index in [0.29, 0.717) is 13.0 Å². The van der Waals surface area contributed by atoms with Gasteiger partial charge in [0.05, 0.1) is 6.10 Å². The molecule has 6 heteroatoms. The highest BCUT2D eigenvalue weighted by atomic mass is 32.2. The lowest BCUT2D eigenvalue weighted by Crippen LogP contribution is -2.46. The van der Waals surface area contributed by atoms with Crippen LogP contribution in [0.4, 0.5) is 0 Å². The summed E-state index contributed by atoms with van der Waals surface area (Å²) in [5.74, 6) is -0.0410. The first-order valence-corrected chi connectivity index (χ1v) is 10.3. The molecule has 1 saturated carbocycles. The number of nitrogens with zero attached hydrogens (tertiary/aromatic N) is 1. The summed E-state index contributed by atoms with van der Waals surface area (Å²) in [5, 5.41) is 9.74. The Morgan fingerprint density at radius 2 is 1.83 bits per heavy atom. The van der Waals surface area contributed by atoms with Gasteiger partial charge in [-0.2, -0.15) is 12.7 Å². The largest absolute Gasteiger partial charge is 0.393 e. The molecule has 2 atom stereocenters. The van der Waals surface area contributed by atoms with Gasteiger partial charge >= 0.3 is 0 Å². The minimum absolute atomic E-state index is 0.0410. The minimum Gasteiger partial charge on any atom is -0.393 e. The molecule has 2 rings (SSSR count). The van der Waals surface area contributed by atoms with Gasteiger partial charge in [0.25, 0.3) is 10.2 Å². The lowest BCUT2D eigenvalue weighted by molar-refractivity contribution is 0.174. The van der Waals surface area contributed by atoms with Crippen LogP contribution in [0.5, 0.6) is 0 Å². The molecule has 5 nitrogen and oxygen atoms in total. The Balaban J connectivity index is 2.01. The van der Waals surface area contributed by atoms with Gasteiger partial charge < -0.3 is 5.11 Å². The second-order valence-corrected chi connectivity index (χ2v) is 8.67. The van der Waals surface area contributed by atoms with Crippen LogP contribution >= 0.6 is 0 Å². The Bertz CT molecular complexity index is 584. The maximum absolute atomic E-state index is 12.6. The highest BCUT2D eigenvalue weighted by molar-refractivity contribution is 7.87. The first kappa shape index (κ1) is 19.4. The fraction of sp³-hybridized carbons (Fsp3) is 0.667. The van der Waals surface area contributed by atoms with Gasteiger partial charge in [-0.05, 0) is 37.7 Å². The predicted octanol–water partition coefficient (Wildman–Crippen LogP) is 2.64. The average molecular weight is 355 g/mol. The van der Waals surface area contributed by atoms with Crippen molar-refractivity contribution in [3.8, 4) is 0 Å². The van der Waals surface area contributed by atoms with Crippen molar-refractivity contribution >= 4 is 10.2 Å². The third-order valence-electron chi connectivity index (χ3n) is 4.88. The summed E-state index contributed by atoms with van der Waals surface area (Å²) < 4.78 is 29.5. The van der Waals surface area contributed by atoms with Gasteiger partial charge in [0.15, 0.2) is 0 Å². The van der Waals surface area contributed by atoms with Crippen LogP contribution in [0.2, 0.25) is 0 Å². The van der Waals surface area contributed by atoms with Crippen molar-refractivity contribution < 1.29 is 13.5 Å². The van der Waals surface area contributed by atoms with E-state index in [0.717, 1.165) is 31.2 Å². The Morgan fingerprint density at radius 1 is 1.21 bits per heavy atom. The first-order valence-electron chi connectivity index (χ1n) is 8.86. The lowest BCUT2D eigenvalue weighted by atomic mass is 9.94. The van der Waals surface area contributed by atoms with E-state index in [1.165, 1.54) is 10.7 Å². The number of hydrogen-bond donors (Lipinski definition) is 2. The number of nitrogens with one attached hydrogen (secondary N) is 1. The van der Waals surface area contributed by atoms with Crippen LogP contribution in [0.25, 0.3) is 0 Å². The van der Waals surface area contributed by atoms with Gasteiger partial charge in [-0.15, -0.1) is 0 Å². The second kappa shape index (κ2) is 8.94. The zero-order chi connectivity index (χ0) is 17.6. The summed E-state index contributed by atoms with van der Waals surface area (Å²) in [5.41, 5.74) is 1.04. The molecule has 1 aromatic rings. The van der Waals surface area contributed by atoms with Crippen molar-refractivity contribution in [2.75, 3.05) is 13.6 Å². The Labute approximate surface area is 146 Å². The van der Waals surface area contributed by atoms with E-state index in [9.17, 15) is 13.5 Å². The van der Waals surface area contributed by atoms with Crippen molar-refractivity contribution in [2.45, 2.75) is 63.5 Å². The maximum atomic E-state index is 12.6. The molecule has 0 spiro atoms. The SMILES string of the molecule is C[C@H](O)C[C@@H](CNS(=O)(=O)N(C)C1CCCCC1)c1ccccc1. The summed E-state index contributed by atoms with van der Waals surface area (Å²) in [6.45, 7) is 2.03. The molecule has 2 N–H and O–H groups in total. The molecular weight excluding hydrogens is 324 g/mol. The molecule has 0 aromatic heterocycles. The van der Waals surface area contributed by atoms with E-state index in [1.807, 2.05) is 30.3 Å². The summed E-state index contributed by atoms with van der Waals surface area (Å²) in [7, 11) is -1.83. The normalized spacial score (nSPS) is 19.3. The Hall–Kier alpha value is -0.950. The average Bonchev–Trinajstić information content (AvgIpc) is 2.59. The topological polar surface area (TPSA) is 69.6 Å². The number of hydrogen-bond acceptors (Lipinski definition) is 3. The van der Waals surface area contributed by atoms with Crippen molar-refractivity contribution in [1.29, 1.82) is 0 Å². The minimum atomic E-state index is -3.50. The molecule has 0 unspecified atom stereocenters. The fourth-order valence-electron chi connectivity index (χ4n) is 3.42. The van der Waals surface area contributed by atoms with Crippen LogP contribution in [-0.2, 0) is 10.2 Å². The molecule has 1 aromatic carbocycles. The molecule has 1 aliphatic rings. The predicted molar refractivity (Wildman–Crippen MR) is 97.0 cm³/mol. The van der Waals surface area contributed by atoms with E-state index in [4.69, 9.17) is 0 Å². The molecule has 136 valence electrons. The van der Waals surface area contributed by atoms with Crippen LogP contribution in [0.15, 0.2) is 30.3 Å². The van der Waals surface area contributed by atoms with Crippen LogP contribution in [0, 0.1) is 0 Å². The summed E-state index contributed by atoms with van der Waals surface area (Å²) in [6, 6.07) is 9.87. The smallest absolute Gasteiger partial charge is 0.279 e. The molecular formula is C18H30N2O3S. The van der Waals surface area contributed by atoms with E-state index in [1.54, 1.807) is 14.0 Å². The monoisotopic (exact) mass is 354 g/mol. The number of aliphatic hydroxyl groups is 1. The zero-order valence-corrected chi connectivity index (χ0v) is 15.5. The van der Waals surface area contributed by atoms with Crippen molar-refractivity contribution in [1.82, 2.24) is 9.03 Å². The standard InChI is InChI=1S/C18H30N2O3S/c1-15(21)13-17(16-9-5-3-6-10-16)14-19-24(22,23)20(2)18-11-7-4-8-12-18/h3,5-6,9-10,15,17-19,21H,4,7-8,11-14H2,1-2H3/t15-,17-/m0/s1. The molecule has 0 radical (unpaired) electrons. The van der Waals surface area contributed by atoms with Gasteiger partial charge in [-0.1, -0.05) is 49.6 Å². The lowest BCUT2D eigenvalue weighted by Gasteiger charge is -2.31. The highest BCUT2D eigenvalue weighted by Crippen LogP contribution is 2.24. The molecule has 0 bridgehead atoms. The summed E-state index contributed by atoms with van der Waals surface area (Å²) in [4.78, 5) is 0. The van der Waals surface area contributed by atoms with Gasteiger partial charge in [0.2, 0.25) is 0 Å². The molecule has 0 heterocycles. The third-order valence-corrected chi connectivity index (χ3v) is 6.46. The molecule has 1 fully saturated rings. The number of rotatable bonds is 8. The molecule has 1 aliphatic carbocycles. The van der Waals surface area contributed by atoms with E-state index >= 15 is 0 Å². The van der Waals surface area contributed by atoms with Gasteiger partial charge in [0.1, 0.15) is 0 Å². The van der Waals surface area contributed by atoms with Crippen molar-refractivity contribution in [2.24, 2.45) is 0 Å². The van der Waals surface area contributed by atoms with Gasteiger partial charge in [0, 0.05) is 19.6 Å². The van der Waals surface area contributed by atoms with Crippen molar-refractivity contribution in [3.05, 3.63) is 35.9 Å². The van der Waals surface area contributed by atoms with Gasteiger partial charge in [-0.25, -0.2) is 4.72 Å². The van der Waals surface area contributed by atoms with Crippen LogP contribution in [-0.4, -0.2) is 43.6 Å². The first-order chi connectivity index (χ1) is 11.4. The molecule has 24 heavy (non-hydrogen) atoms. The van der Waals surface area contributed by atoms with Crippen LogP contribution in [0.1, 0.15) is 56.9 Å². The maximum Gasteiger partial charge on any atom is 0.279 e. The quantitative estimate of drug-likeness (QED) is 0.754. The van der Waals surface area contributed by atoms with Crippen molar-refractivity contribution in [3.63, 3.8) is 0 Å². The molecule has 0 saturated heterocycles. The van der Waals surface area contributed by atoms with Crippen LogP contribution in [0.3, 0.4) is 0 Å². The fourth-order valence-corrected chi connectivity index (χ4v) is 4.64. The molecule has 0 aliphatic heterocycles.